The van der Waals surface area contributed by atoms with Crippen molar-refractivity contribution in [2.75, 3.05) is 0 Å². The molecule has 1 heteroatoms. The maximum Gasteiger partial charge on any atom is 0.0119 e. The average molecular weight is 311 g/mol. The SMILES string of the molecule is CCCCCC/C(=C/c1ccc(C)cc1)Sc1ccccc1. The van der Waals surface area contributed by atoms with E-state index < -0.39 is 0 Å². The maximum atomic E-state index is 2.35. The summed E-state index contributed by atoms with van der Waals surface area (Å²) in [7, 11) is 0. The van der Waals surface area contributed by atoms with E-state index in [1.165, 1.54) is 53.0 Å². The lowest BCUT2D eigenvalue weighted by Crippen LogP contribution is -1.83. The smallest absolute Gasteiger partial charge is 0.0119 e. The molecule has 0 saturated carbocycles. The van der Waals surface area contributed by atoms with Crippen molar-refractivity contribution in [3.8, 4) is 0 Å². The molecule has 0 aliphatic heterocycles. The van der Waals surface area contributed by atoms with E-state index in [4.69, 9.17) is 0 Å². The first-order chi connectivity index (χ1) is 10.8. The van der Waals surface area contributed by atoms with E-state index in [1.54, 1.807) is 0 Å². The van der Waals surface area contributed by atoms with Crippen LogP contribution in [0.4, 0.5) is 0 Å². The number of aryl methyl sites for hydroxylation is 1. The van der Waals surface area contributed by atoms with Crippen molar-refractivity contribution >= 4 is 17.8 Å². The summed E-state index contributed by atoms with van der Waals surface area (Å²) in [5, 5.41) is 0. The molecule has 0 radical (unpaired) electrons. The van der Waals surface area contributed by atoms with Crippen LogP contribution in [0.2, 0.25) is 0 Å². The molecule has 0 aliphatic rings. The highest BCUT2D eigenvalue weighted by Gasteiger charge is 2.02. The van der Waals surface area contributed by atoms with Gasteiger partial charge in [-0.3, -0.25) is 0 Å². The molecule has 0 aliphatic carbocycles. The minimum absolute atomic E-state index is 1.17. The Bertz CT molecular complexity index is 567. The van der Waals surface area contributed by atoms with Gasteiger partial charge in [-0.05, 0) is 48.4 Å². The van der Waals surface area contributed by atoms with Crippen molar-refractivity contribution < 1.29 is 0 Å². The molecule has 22 heavy (non-hydrogen) atoms. The summed E-state index contributed by atoms with van der Waals surface area (Å²) in [5.74, 6) is 0. The third kappa shape index (κ3) is 6.11. The highest BCUT2D eigenvalue weighted by Crippen LogP contribution is 2.32. The molecule has 0 amide bonds. The number of thioether (sulfide) groups is 1. The maximum absolute atomic E-state index is 2.35. The van der Waals surface area contributed by atoms with Gasteiger partial charge < -0.3 is 0 Å². The van der Waals surface area contributed by atoms with Crippen LogP contribution in [-0.4, -0.2) is 0 Å². The Kier molecular flexibility index (Phi) is 7.32. The summed E-state index contributed by atoms with van der Waals surface area (Å²) in [4.78, 5) is 2.79. The first-order valence-corrected chi connectivity index (χ1v) is 9.09. The Balaban J connectivity index is 2.07. The van der Waals surface area contributed by atoms with E-state index in [-0.39, 0.29) is 0 Å². The molecule has 0 aromatic heterocycles. The standard InChI is InChI=1S/C21H26S/c1-3-4-5-7-12-21(22-20-10-8-6-9-11-20)17-19-15-13-18(2)14-16-19/h6,8-11,13-17H,3-5,7,12H2,1-2H3/b21-17-. The molecule has 116 valence electrons. The number of hydrogen-bond donors (Lipinski definition) is 0. The van der Waals surface area contributed by atoms with Gasteiger partial charge in [-0.1, -0.05) is 86.0 Å². The van der Waals surface area contributed by atoms with E-state index >= 15 is 0 Å². The number of unbranched alkanes of at least 4 members (excludes halogenated alkanes) is 3. The second-order valence-corrected chi connectivity index (χ2v) is 6.95. The van der Waals surface area contributed by atoms with Gasteiger partial charge in [-0.2, -0.15) is 0 Å². The Morgan fingerprint density at radius 3 is 2.32 bits per heavy atom. The summed E-state index contributed by atoms with van der Waals surface area (Å²) in [6, 6.07) is 19.5. The van der Waals surface area contributed by atoms with Gasteiger partial charge in [-0.15, -0.1) is 0 Å². The van der Waals surface area contributed by atoms with Gasteiger partial charge >= 0.3 is 0 Å². The summed E-state index contributed by atoms with van der Waals surface area (Å²) >= 11 is 1.91. The van der Waals surface area contributed by atoms with Crippen LogP contribution in [0.1, 0.15) is 50.2 Å². The third-order valence-corrected chi connectivity index (χ3v) is 4.77. The van der Waals surface area contributed by atoms with Gasteiger partial charge in [0.2, 0.25) is 0 Å². The first-order valence-electron chi connectivity index (χ1n) is 8.28. The lowest BCUT2D eigenvalue weighted by molar-refractivity contribution is 0.673. The van der Waals surface area contributed by atoms with Crippen molar-refractivity contribution in [2.24, 2.45) is 0 Å². The molecule has 0 atom stereocenters. The normalized spacial score (nSPS) is 11.6. The zero-order valence-electron chi connectivity index (χ0n) is 13.7. The first kappa shape index (κ1) is 16.9. The quantitative estimate of drug-likeness (QED) is 0.370. The Hall–Kier alpha value is -1.47. The van der Waals surface area contributed by atoms with Crippen LogP contribution in [0.3, 0.4) is 0 Å². The Morgan fingerprint density at radius 2 is 1.64 bits per heavy atom. The van der Waals surface area contributed by atoms with E-state index in [0.29, 0.717) is 0 Å². The molecule has 0 nitrogen and oxygen atoms in total. The molecule has 0 unspecified atom stereocenters. The third-order valence-electron chi connectivity index (χ3n) is 3.67. The second-order valence-electron chi connectivity index (χ2n) is 5.75. The second kappa shape index (κ2) is 9.53. The van der Waals surface area contributed by atoms with Crippen molar-refractivity contribution in [1.29, 1.82) is 0 Å². The van der Waals surface area contributed by atoms with Crippen molar-refractivity contribution in [3.63, 3.8) is 0 Å². The summed E-state index contributed by atoms with van der Waals surface area (Å²) in [6.45, 7) is 4.40. The summed E-state index contributed by atoms with van der Waals surface area (Å²) < 4.78 is 0. The molecule has 0 N–H and O–H groups in total. The molecular weight excluding hydrogens is 284 g/mol. The zero-order chi connectivity index (χ0) is 15.6. The zero-order valence-corrected chi connectivity index (χ0v) is 14.5. The van der Waals surface area contributed by atoms with Crippen molar-refractivity contribution in [1.82, 2.24) is 0 Å². The number of hydrogen-bond acceptors (Lipinski definition) is 1. The van der Waals surface area contributed by atoms with Gasteiger partial charge in [-0.25, -0.2) is 0 Å². The predicted octanol–water partition coefficient (Wildman–Crippen LogP) is 7.10. The van der Waals surface area contributed by atoms with Crippen LogP contribution in [-0.2, 0) is 0 Å². The van der Waals surface area contributed by atoms with Gasteiger partial charge in [0.05, 0.1) is 0 Å². The molecule has 0 heterocycles. The van der Waals surface area contributed by atoms with Crippen LogP contribution in [0, 0.1) is 6.92 Å². The van der Waals surface area contributed by atoms with Gasteiger partial charge in [0.15, 0.2) is 0 Å². The van der Waals surface area contributed by atoms with Crippen molar-refractivity contribution in [3.05, 3.63) is 70.6 Å². The monoisotopic (exact) mass is 310 g/mol. The van der Waals surface area contributed by atoms with Crippen LogP contribution in [0.25, 0.3) is 6.08 Å². The molecule has 0 fully saturated rings. The fourth-order valence-electron chi connectivity index (χ4n) is 2.37. The number of benzene rings is 2. The van der Waals surface area contributed by atoms with E-state index in [1.807, 2.05) is 11.8 Å². The molecule has 0 spiro atoms. The highest BCUT2D eigenvalue weighted by atomic mass is 32.2. The molecule has 2 aromatic carbocycles. The van der Waals surface area contributed by atoms with Crippen LogP contribution in [0.5, 0.6) is 0 Å². The molecule has 2 aromatic rings. The fraction of sp³-hybridized carbons (Fsp3) is 0.333. The minimum Gasteiger partial charge on any atom is -0.0945 e. The Labute approximate surface area is 139 Å². The molecular formula is C21H26S. The van der Waals surface area contributed by atoms with E-state index in [0.717, 1.165) is 0 Å². The van der Waals surface area contributed by atoms with Gasteiger partial charge in [0.1, 0.15) is 0 Å². The predicted molar refractivity (Wildman–Crippen MR) is 100 cm³/mol. The lowest BCUT2D eigenvalue weighted by Gasteiger charge is -2.08. The largest absolute Gasteiger partial charge is 0.0945 e. The van der Waals surface area contributed by atoms with Crippen LogP contribution < -0.4 is 0 Å². The summed E-state index contributed by atoms with van der Waals surface area (Å²) in [6.07, 6.45) is 8.77. The Morgan fingerprint density at radius 1 is 0.909 bits per heavy atom. The molecule has 0 saturated heterocycles. The summed E-state index contributed by atoms with van der Waals surface area (Å²) in [5.41, 5.74) is 2.62. The van der Waals surface area contributed by atoms with E-state index in [2.05, 4.69) is 74.5 Å². The molecule has 2 rings (SSSR count). The highest BCUT2D eigenvalue weighted by molar-refractivity contribution is 8.03. The van der Waals surface area contributed by atoms with Crippen LogP contribution >= 0.6 is 11.8 Å². The topological polar surface area (TPSA) is 0 Å². The average Bonchev–Trinajstić information content (AvgIpc) is 2.54. The number of allylic oxidation sites excluding steroid dienone is 1. The van der Waals surface area contributed by atoms with Crippen molar-refractivity contribution in [2.45, 2.75) is 50.8 Å². The minimum atomic E-state index is 1.17. The van der Waals surface area contributed by atoms with Crippen LogP contribution in [0.15, 0.2) is 64.4 Å². The lowest BCUT2D eigenvalue weighted by atomic mass is 10.1. The van der Waals surface area contributed by atoms with E-state index in [9.17, 15) is 0 Å². The number of rotatable bonds is 8. The molecule has 0 bridgehead atoms. The van der Waals surface area contributed by atoms with Gasteiger partial charge in [0.25, 0.3) is 0 Å². The fourth-order valence-corrected chi connectivity index (χ4v) is 3.40. The van der Waals surface area contributed by atoms with Gasteiger partial charge in [0, 0.05) is 4.90 Å².